The predicted molar refractivity (Wildman–Crippen MR) is 90.2 cm³/mol. The molecule has 1 N–H and O–H groups in total. The SMILES string of the molecule is CC(=O)NCC(=O)N1CCCC1CC1CCCc2ccccc21. The summed E-state index contributed by atoms with van der Waals surface area (Å²) in [5.41, 5.74) is 2.97. The number of hydrogen-bond donors (Lipinski definition) is 1. The fourth-order valence-electron chi connectivity index (χ4n) is 4.14. The maximum absolute atomic E-state index is 12.4. The van der Waals surface area contributed by atoms with E-state index in [0.717, 1.165) is 25.8 Å². The van der Waals surface area contributed by atoms with Crippen molar-refractivity contribution in [3.63, 3.8) is 0 Å². The van der Waals surface area contributed by atoms with Gasteiger partial charge in [-0.05, 0) is 55.6 Å². The minimum absolute atomic E-state index is 0.0618. The van der Waals surface area contributed by atoms with E-state index in [0.29, 0.717) is 12.0 Å². The highest BCUT2D eigenvalue weighted by Gasteiger charge is 2.32. The van der Waals surface area contributed by atoms with Crippen LogP contribution >= 0.6 is 0 Å². The van der Waals surface area contributed by atoms with E-state index in [1.807, 2.05) is 4.90 Å². The van der Waals surface area contributed by atoms with Gasteiger partial charge in [0.15, 0.2) is 0 Å². The van der Waals surface area contributed by atoms with Gasteiger partial charge in [0.05, 0.1) is 6.54 Å². The van der Waals surface area contributed by atoms with E-state index in [2.05, 4.69) is 29.6 Å². The first kappa shape index (κ1) is 16.0. The molecule has 0 spiro atoms. The van der Waals surface area contributed by atoms with Crippen LogP contribution in [0.3, 0.4) is 0 Å². The van der Waals surface area contributed by atoms with Gasteiger partial charge in [0.25, 0.3) is 0 Å². The zero-order valence-corrected chi connectivity index (χ0v) is 13.9. The number of aryl methyl sites for hydroxylation is 1. The molecule has 4 nitrogen and oxygen atoms in total. The number of carbonyl (C=O) groups excluding carboxylic acids is 2. The maximum Gasteiger partial charge on any atom is 0.242 e. The number of rotatable bonds is 4. The molecule has 1 heterocycles. The molecule has 2 unspecified atom stereocenters. The van der Waals surface area contributed by atoms with Crippen molar-refractivity contribution in [3.8, 4) is 0 Å². The van der Waals surface area contributed by atoms with Gasteiger partial charge in [0.1, 0.15) is 0 Å². The Bertz CT molecular complexity index is 584. The molecule has 1 aliphatic heterocycles. The number of fused-ring (bicyclic) bond motifs is 1. The Labute approximate surface area is 138 Å². The van der Waals surface area contributed by atoms with Crippen LogP contribution in [0.25, 0.3) is 0 Å². The third kappa shape index (κ3) is 3.74. The van der Waals surface area contributed by atoms with Gasteiger partial charge >= 0.3 is 0 Å². The second-order valence-electron chi connectivity index (χ2n) is 6.82. The Hall–Kier alpha value is -1.84. The lowest BCUT2D eigenvalue weighted by Gasteiger charge is -2.31. The third-order valence-electron chi connectivity index (χ3n) is 5.24. The Kier molecular flexibility index (Phi) is 4.99. The van der Waals surface area contributed by atoms with Crippen molar-refractivity contribution >= 4 is 11.8 Å². The van der Waals surface area contributed by atoms with Crippen molar-refractivity contribution in [1.82, 2.24) is 10.2 Å². The number of amides is 2. The van der Waals surface area contributed by atoms with Gasteiger partial charge in [-0.15, -0.1) is 0 Å². The number of nitrogens with one attached hydrogen (secondary N) is 1. The van der Waals surface area contributed by atoms with Crippen LogP contribution < -0.4 is 5.32 Å². The molecule has 2 atom stereocenters. The van der Waals surface area contributed by atoms with Crippen molar-refractivity contribution in [2.45, 2.75) is 57.4 Å². The highest BCUT2D eigenvalue weighted by atomic mass is 16.2. The van der Waals surface area contributed by atoms with Crippen LogP contribution in [-0.2, 0) is 16.0 Å². The average Bonchev–Trinajstić information content (AvgIpc) is 3.01. The molecule has 1 aromatic rings. The minimum Gasteiger partial charge on any atom is -0.347 e. The molecule has 1 saturated heterocycles. The summed E-state index contributed by atoms with van der Waals surface area (Å²) in [7, 11) is 0. The molecule has 4 heteroatoms. The Morgan fingerprint density at radius 1 is 1.22 bits per heavy atom. The van der Waals surface area contributed by atoms with Crippen molar-refractivity contribution in [1.29, 1.82) is 0 Å². The molecule has 3 rings (SSSR count). The Balaban J connectivity index is 1.65. The first-order valence-corrected chi connectivity index (χ1v) is 8.77. The van der Waals surface area contributed by atoms with Crippen LogP contribution in [0.2, 0.25) is 0 Å². The van der Waals surface area contributed by atoms with Crippen molar-refractivity contribution in [3.05, 3.63) is 35.4 Å². The highest BCUT2D eigenvalue weighted by Crippen LogP contribution is 2.37. The molecular formula is C19H26N2O2. The summed E-state index contributed by atoms with van der Waals surface area (Å²) in [6.45, 7) is 2.41. The molecule has 2 aliphatic rings. The number of hydrogen-bond acceptors (Lipinski definition) is 2. The van der Waals surface area contributed by atoms with Crippen molar-refractivity contribution < 1.29 is 9.59 Å². The summed E-state index contributed by atoms with van der Waals surface area (Å²) >= 11 is 0. The maximum atomic E-state index is 12.4. The van der Waals surface area contributed by atoms with E-state index in [1.54, 1.807) is 0 Å². The number of benzene rings is 1. The summed E-state index contributed by atoms with van der Waals surface area (Å²) < 4.78 is 0. The first-order valence-electron chi connectivity index (χ1n) is 8.77. The van der Waals surface area contributed by atoms with Gasteiger partial charge in [-0.3, -0.25) is 9.59 Å². The second-order valence-corrected chi connectivity index (χ2v) is 6.82. The predicted octanol–water partition coefficient (Wildman–Crippen LogP) is 2.62. The van der Waals surface area contributed by atoms with Crippen LogP contribution in [-0.4, -0.2) is 35.8 Å². The van der Waals surface area contributed by atoms with Crippen LogP contribution in [0.1, 0.15) is 56.1 Å². The van der Waals surface area contributed by atoms with Gasteiger partial charge in [0, 0.05) is 19.5 Å². The van der Waals surface area contributed by atoms with Gasteiger partial charge in [-0.2, -0.15) is 0 Å². The summed E-state index contributed by atoms with van der Waals surface area (Å²) in [5.74, 6) is 0.487. The fraction of sp³-hybridized carbons (Fsp3) is 0.579. The van der Waals surface area contributed by atoms with Gasteiger partial charge < -0.3 is 10.2 Å². The molecule has 1 aromatic carbocycles. The molecule has 0 bridgehead atoms. The quantitative estimate of drug-likeness (QED) is 0.929. The van der Waals surface area contributed by atoms with Crippen molar-refractivity contribution in [2.75, 3.05) is 13.1 Å². The molecule has 124 valence electrons. The van der Waals surface area contributed by atoms with E-state index >= 15 is 0 Å². The molecule has 0 aromatic heterocycles. The van der Waals surface area contributed by atoms with Gasteiger partial charge in [0.2, 0.25) is 11.8 Å². The van der Waals surface area contributed by atoms with Crippen molar-refractivity contribution in [2.24, 2.45) is 0 Å². The lowest BCUT2D eigenvalue weighted by atomic mass is 9.79. The summed E-state index contributed by atoms with van der Waals surface area (Å²) in [6.07, 6.45) is 6.87. The van der Waals surface area contributed by atoms with Crippen LogP contribution in [0.15, 0.2) is 24.3 Å². The van der Waals surface area contributed by atoms with E-state index in [-0.39, 0.29) is 18.4 Å². The minimum atomic E-state index is -0.143. The molecule has 2 amide bonds. The monoisotopic (exact) mass is 314 g/mol. The number of likely N-dealkylation sites (tertiary alicyclic amines) is 1. The normalized spacial score (nSPS) is 23.4. The highest BCUT2D eigenvalue weighted by molar-refractivity contribution is 5.84. The number of carbonyl (C=O) groups is 2. The zero-order chi connectivity index (χ0) is 16.2. The van der Waals surface area contributed by atoms with E-state index in [9.17, 15) is 9.59 Å². The third-order valence-corrected chi connectivity index (χ3v) is 5.24. The fourth-order valence-corrected chi connectivity index (χ4v) is 4.14. The largest absolute Gasteiger partial charge is 0.347 e. The lowest BCUT2D eigenvalue weighted by Crippen LogP contribution is -2.42. The van der Waals surface area contributed by atoms with E-state index < -0.39 is 0 Å². The van der Waals surface area contributed by atoms with E-state index in [4.69, 9.17) is 0 Å². The summed E-state index contributed by atoms with van der Waals surface area (Å²) in [4.78, 5) is 25.4. The van der Waals surface area contributed by atoms with Gasteiger partial charge in [-0.1, -0.05) is 24.3 Å². The molecule has 1 aliphatic carbocycles. The average molecular weight is 314 g/mol. The van der Waals surface area contributed by atoms with Gasteiger partial charge in [-0.25, -0.2) is 0 Å². The molecule has 0 saturated carbocycles. The lowest BCUT2D eigenvalue weighted by molar-refractivity contribution is -0.133. The summed E-state index contributed by atoms with van der Waals surface area (Å²) in [5, 5.41) is 2.63. The standard InChI is InChI=1S/C19H26N2O2/c1-14(22)20-13-19(23)21-11-5-9-17(21)12-16-8-4-7-15-6-2-3-10-18(15)16/h2-3,6,10,16-17H,4-5,7-9,11-13H2,1H3,(H,20,22). The second kappa shape index (κ2) is 7.16. The topological polar surface area (TPSA) is 49.4 Å². The molecular weight excluding hydrogens is 288 g/mol. The van der Waals surface area contributed by atoms with Crippen LogP contribution in [0.4, 0.5) is 0 Å². The molecule has 0 radical (unpaired) electrons. The smallest absolute Gasteiger partial charge is 0.242 e. The zero-order valence-electron chi connectivity index (χ0n) is 13.9. The molecule has 23 heavy (non-hydrogen) atoms. The van der Waals surface area contributed by atoms with Crippen LogP contribution in [0, 0.1) is 0 Å². The number of nitrogens with zero attached hydrogens (tertiary/aromatic N) is 1. The Morgan fingerprint density at radius 3 is 2.87 bits per heavy atom. The van der Waals surface area contributed by atoms with E-state index in [1.165, 1.54) is 37.3 Å². The first-order chi connectivity index (χ1) is 11.1. The summed E-state index contributed by atoms with van der Waals surface area (Å²) in [6, 6.07) is 9.09. The molecule has 1 fully saturated rings. The Morgan fingerprint density at radius 2 is 2.04 bits per heavy atom. The van der Waals surface area contributed by atoms with Crippen LogP contribution in [0.5, 0.6) is 0 Å².